The maximum atomic E-state index is 8.92. The van der Waals surface area contributed by atoms with E-state index in [2.05, 4.69) is 22.1 Å². The summed E-state index contributed by atoms with van der Waals surface area (Å²) >= 11 is 0. The maximum absolute atomic E-state index is 8.92. The minimum absolute atomic E-state index is 0.299. The van der Waals surface area contributed by atoms with Crippen molar-refractivity contribution >= 4 is 11.5 Å². The monoisotopic (exact) mass is 259 g/mol. The van der Waals surface area contributed by atoms with Crippen LogP contribution < -0.4 is 11.1 Å². The van der Waals surface area contributed by atoms with E-state index < -0.39 is 0 Å². The summed E-state index contributed by atoms with van der Waals surface area (Å²) in [6.45, 7) is 5.66. The molecule has 1 aromatic heterocycles. The Balaban J connectivity index is 1.91. The van der Waals surface area contributed by atoms with Crippen LogP contribution in [0.25, 0.3) is 0 Å². The lowest BCUT2D eigenvalue weighted by atomic mass is 10.0. The number of nitrogens with two attached hydrogens (primary N) is 1. The van der Waals surface area contributed by atoms with Crippen LogP contribution in [-0.2, 0) is 0 Å². The Morgan fingerprint density at radius 2 is 2.21 bits per heavy atom. The van der Waals surface area contributed by atoms with Gasteiger partial charge in [-0.25, -0.2) is 4.98 Å². The molecule has 2 rings (SSSR count). The number of hydrogen-bond donors (Lipinski definition) is 2. The zero-order valence-electron chi connectivity index (χ0n) is 11.4. The number of nitriles is 1. The van der Waals surface area contributed by atoms with Gasteiger partial charge in [-0.1, -0.05) is 6.92 Å². The summed E-state index contributed by atoms with van der Waals surface area (Å²) in [5.41, 5.74) is 6.40. The lowest BCUT2D eigenvalue weighted by Gasteiger charge is -2.32. The molecule has 1 saturated heterocycles. The Bertz CT molecular complexity index is 457. The smallest absolute Gasteiger partial charge is 0.165 e. The van der Waals surface area contributed by atoms with Crippen LogP contribution in [0.15, 0.2) is 12.1 Å². The molecule has 1 aromatic rings. The molecule has 5 nitrogen and oxygen atoms in total. The predicted octanol–water partition coefficient (Wildman–Crippen LogP) is 1.82. The fourth-order valence-corrected chi connectivity index (χ4v) is 2.47. The third kappa shape index (κ3) is 3.58. The van der Waals surface area contributed by atoms with Crippen LogP contribution in [0.5, 0.6) is 0 Å². The molecule has 3 N–H and O–H groups in total. The molecule has 1 aliphatic heterocycles. The summed E-state index contributed by atoms with van der Waals surface area (Å²) in [5.74, 6) is 0.750. The number of aromatic nitrogens is 1. The first-order valence-corrected chi connectivity index (χ1v) is 6.88. The van der Waals surface area contributed by atoms with Crippen LogP contribution in [0.2, 0.25) is 0 Å². The summed E-state index contributed by atoms with van der Waals surface area (Å²) < 4.78 is 0. The number of anilines is 2. The van der Waals surface area contributed by atoms with Crippen molar-refractivity contribution in [3.05, 3.63) is 17.8 Å². The molecule has 19 heavy (non-hydrogen) atoms. The van der Waals surface area contributed by atoms with Crippen LogP contribution in [0, 0.1) is 11.3 Å². The number of piperidine rings is 1. The van der Waals surface area contributed by atoms with Gasteiger partial charge in [-0.05, 0) is 37.9 Å². The second kappa shape index (κ2) is 6.39. The van der Waals surface area contributed by atoms with Crippen LogP contribution >= 0.6 is 0 Å². The summed E-state index contributed by atoms with van der Waals surface area (Å²) in [4.78, 5) is 6.72. The van der Waals surface area contributed by atoms with Crippen LogP contribution in [-0.4, -0.2) is 35.6 Å². The van der Waals surface area contributed by atoms with Crippen molar-refractivity contribution in [1.29, 1.82) is 5.26 Å². The largest absolute Gasteiger partial charge is 0.396 e. The van der Waals surface area contributed by atoms with Crippen molar-refractivity contribution in [2.45, 2.75) is 32.2 Å². The standard InChI is InChI=1S/C14H21N5/c1-2-7-19-8-5-11(6-9-19)17-14-4-3-12(16)13(10-15)18-14/h3-4,11H,2,5-9,16H2,1H3,(H,17,18). The van der Waals surface area contributed by atoms with Crippen molar-refractivity contribution in [3.63, 3.8) is 0 Å². The van der Waals surface area contributed by atoms with Crippen molar-refractivity contribution < 1.29 is 0 Å². The van der Waals surface area contributed by atoms with Gasteiger partial charge in [0.1, 0.15) is 11.9 Å². The topological polar surface area (TPSA) is 78.0 Å². The van der Waals surface area contributed by atoms with E-state index in [1.54, 1.807) is 6.07 Å². The molecule has 102 valence electrons. The number of pyridine rings is 1. The molecule has 0 bridgehead atoms. The van der Waals surface area contributed by atoms with Gasteiger partial charge in [0.05, 0.1) is 5.69 Å². The Morgan fingerprint density at radius 1 is 1.47 bits per heavy atom. The molecule has 2 heterocycles. The molecule has 0 atom stereocenters. The molecule has 0 spiro atoms. The van der Waals surface area contributed by atoms with Gasteiger partial charge in [0, 0.05) is 19.1 Å². The highest BCUT2D eigenvalue weighted by molar-refractivity contribution is 5.54. The molecule has 0 amide bonds. The average Bonchev–Trinajstić information content (AvgIpc) is 2.43. The van der Waals surface area contributed by atoms with Crippen LogP contribution in [0.4, 0.5) is 11.5 Å². The SMILES string of the molecule is CCCN1CCC(Nc2ccc(N)c(C#N)n2)CC1. The highest BCUT2D eigenvalue weighted by atomic mass is 15.1. The number of nitrogens with one attached hydrogen (secondary N) is 1. The molecular weight excluding hydrogens is 238 g/mol. The Labute approximate surface area is 114 Å². The van der Waals surface area contributed by atoms with Gasteiger partial charge in [0.2, 0.25) is 0 Å². The quantitative estimate of drug-likeness (QED) is 0.862. The molecule has 0 radical (unpaired) electrons. The summed E-state index contributed by atoms with van der Waals surface area (Å²) in [7, 11) is 0. The molecule has 0 aromatic carbocycles. The van der Waals surface area contributed by atoms with E-state index in [0.717, 1.165) is 31.7 Å². The minimum atomic E-state index is 0.299. The fraction of sp³-hybridized carbons (Fsp3) is 0.571. The van der Waals surface area contributed by atoms with E-state index in [1.807, 2.05) is 12.1 Å². The molecular formula is C14H21N5. The third-order valence-corrected chi connectivity index (χ3v) is 3.51. The molecule has 0 aliphatic carbocycles. The van der Waals surface area contributed by atoms with Crippen molar-refractivity contribution in [2.75, 3.05) is 30.7 Å². The highest BCUT2D eigenvalue weighted by Gasteiger charge is 2.18. The Morgan fingerprint density at radius 3 is 2.84 bits per heavy atom. The lowest BCUT2D eigenvalue weighted by molar-refractivity contribution is 0.219. The summed E-state index contributed by atoms with van der Waals surface area (Å²) in [6, 6.07) is 6.03. The molecule has 0 unspecified atom stereocenters. The summed E-state index contributed by atoms with van der Waals surface area (Å²) in [6.07, 6.45) is 3.45. The third-order valence-electron chi connectivity index (χ3n) is 3.51. The fourth-order valence-electron chi connectivity index (χ4n) is 2.47. The van der Waals surface area contributed by atoms with Crippen LogP contribution in [0.3, 0.4) is 0 Å². The van der Waals surface area contributed by atoms with Gasteiger partial charge < -0.3 is 16.0 Å². The van der Waals surface area contributed by atoms with Gasteiger partial charge in [-0.2, -0.15) is 5.26 Å². The van der Waals surface area contributed by atoms with Crippen molar-refractivity contribution in [3.8, 4) is 6.07 Å². The minimum Gasteiger partial charge on any atom is -0.396 e. The normalized spacial score (nSPS) is 17.1. The van der Waals surface area contributed by atoms with E-state index in [1.165, 1.54) is 13.0 Å². The van der Waals surface area contributed by atoms with E-state index in [0.29, 0.717) is 17.4 Å². The Hall–Kier alpha value is -1.80. The van der Waals surface area contributed by atoms with E-state index >= 15 is 0 Å². The number of likely N-dealkylation sites (tertiary alicyclic amines) is 1. The van der Waals surface area contributed by atoms with E-state index in [4.69, 9.17) is 11.0 Å². The molecule has 5 heteroatoms. The zero-order chi connectivity index (χ0) is 13.7. The second-order valence-electron chi connectivity index (χ2n) is 5.01. The predicted molar refractivity (Wildman–Crippen MR) is 76.7 cm³/mol. The maximum Gasteiger partial charge on any atom is 0.165 e. The van der Waals surface area contributed by atoms with E-state index in [-0.39, 0.29) is 0 Å². The molecule has 0 saturated carbocycles. The van der Waals surface area contributed by atoms with Gasteiger partial charge in [0.15, 0.2) is 5.69 Å². The number of hydrogen-bond acceptors (Lipinski definition) is 5. The number of rotatable bonds is 4. The summed E-state index contributed by atoms with van der Waals surface area (Å²) in [5, 5.41) is 12.3. The number of nitrogens with zero attached hydrogens (tertiary/aromatic N) is 3. The lowest BCUT2D eigenvalue weighted by Crippen LogP contribution is -2.39. The van der Waals surface area contributed by atoms with Gasteiger partial charge >= 0.3 is 0 Å². The first-order chi connectivity index (χ1) is 9.22. The zero-order valence-corrected chi connectivity index (χ0v) is 11.4. The molecule has 1 fully saturated rings. The Kier molecular flexibility index (Phi) is 4.58. The second-order valence-corrected chi connectivity index (χ2v) is 5.01. The van der Waals surface area contributed by atoms with Crippen LogP contribution in [0.1, 0.15) is 31.9 Å². The van der Waals surface area contributed by atoms with Gasteiger partial charge in [-0.3, -0.25) is 0 Å². The van der Waals surface area contributed by atoms with E-state index in [9.17, 15) is 0 Å². The first kappa shape index (κ1) is 13.6. The van der Waals surface area contributed by atoms with Crippen molar-refractivity contribution in [2.24, 2.45) is 0 Å². The van der Waals surface area contributed by atoms with Gasteiger partial charge in [0.25, 0.3) is 0 Å². The first-order valence-electron chi connectivity index (χ1n) is 6.88. The average molecular weight is 259 g/mol. The molecule has 1 aliphatic rings. The van der Waals surface area contributed by atoms with Crippen molar-refractivity contribution in [1.82, 2.24) is 9.88 Å². The highest BCUT2D eigenvalue weighted by Crippen LogP contribution is 2.17. The number of nitrogen functional groups attached to an aromatic ring is 1. The van der Waals surface area contributed by atoms with Gasteiger partial charge in [-0.15, -0.1) is 0 Å².